The van der Waals surface area contributed by atoms with Gasteiger partial charge in [-0.3, -0.25) is 4.79 Å². The molecule has 0 radical (unpaired) electrons. The summed E-state index contributed by atoms with van der Waals surface area (Å²) in [6, 6.07) is 0. The molecule has 21 heavy (non-hydrogen) atoms. The molecule has 8 heteroatoms. The minimum absolute atomic E-state index is 0.185. The molecule has 3 N–H and O–H groups in total. The molecule has 1 aromatic rings. The second kappa shape index (κ2) is 8.81. The van der Waals surface area contributed by atoms with Crippen molar-refractivity contribution in [2.45, 2.75) is 20.0 Å². The van der Waals surface area contributed by atoms with E-state index in [9.17, 15) is 4.79 Å². The normalized spacial score (nSPS) is 12.2. The summed E-state index contributed by atoms with van der Waals surface area (Å²) in [5.74, 6) is 0.0293. The van der Waals surface area contributed by atoms with Gasteiger partial charge in [-0.15, -0.1) is 0 Å². The molecule has 1 heterocycles. The predicted molar refractivity (Wildman–Crippen MR) is 85.1 cm³/mol. The molecule has 1 atom stereocenters. The van der Waals surface area contributed by atoms with Crippen LogP contribution in [0.3, 0.4) is 0 Å². The van der Waals surface area contributed by atoms with E-state index in [1.165, 1.54) is 11.3 Å². The summed E-state index contributed by atoms with van der Waals surface area (Å²) in [5.41, 5.74) is 5.84. The number of aromatic nitrogens is 1. The SMILES string of the molecule is CCN(CC)c1nc(N)c(C(=O)NCC(COC)OC)s1. The van der Waals surface area contributed by atoms with Crippen LogP contribution in [-0.4, -0.2) is 57.5 Å². The highest BCUT2D eigenvalue weighted by Gasteiger charge is 2.19. The quantitative estimate of drug-likeness (QED) is 0.705. The minimum Gasteiger partial charge on any atom is -0.382 e. The second-order valence-electron chi connectivity index (χ2n) is 4.41. The van der Waals surface area contributed by atoms with E-state index in [4.69, 9.17) is 15.2 Å². The van der Waals surface area contributed by atoms with Crippen LogP contribution in [-0.2, 0) is 9.47 Å². The number of nitrogen functional groups attached to an aromatic ring is 1. The zero-order valence-electron chi connectivity index (χ0n) is 13.0. The van der Waals surface area contributed by atoms with E-state index in [-0.39, 0.29) is 17.8 Å². The van der Waals surface area contributed by atoms with Crippen molar-refractivity contribution >= 4 is 28.2 Å². The van der Waals surface area contributed by atoms with Crippen molar-refractivity contribution in [3.63, 3.8) is 0 Å². The van der Waals surface area contributed by atoms with Crippen LogP contribution in [0.2, 0.25) is 0 Å². The lowest BCUT2D eigenvalue weighted by atomic mass is 10.3. The van der Waals surface area contributed by atoms with E-state index in [0.717, 1.165) is 18.2 Å². The van der Waals surface area contributed by atoms with Crippen LogP contribution < -0.4 is 16.0 Å². The van der Waals surface area contributed by atoms with Crippen molar-refractivity contribution in [2.75, 3.05) is 51.1 Å². The van der Waals surface area contributed by atoms with Gasteiger partial charge in [-0.2, -0.15) is 0 Å². The number of amides is 1. The molecule has 0 aliphatic rings. The lowest BCUT2D eigenvalue weighted by molar-refractivity contribution is 0.0286. The van der Waals surface area contributed by atoms with E-state index in [0.29, 0.717) is 18.0 Å². The number of methoxy groups -OCH3 is 2. The van der Waals surface area contributed by atoms with Crippen LogP contribution in [0.5, 0.6) is 0 Å². The first-order valence-corrected chi connectivity index (χ1v) is 7.70. The van der Waals surface area contributed by atoms with Crippen molar-refractivity contribution in [1.82, 2.24) is 10.3 Å². The average molecular weight is 316 g/mol. The van der Waals surface area contributed by atoms with Gasteiger partial charge in [-0.1, -0.05) is 11.3 Å². The summed E-state index contributed by atoms with van der Waals surface area (Å²) in [4.78, 5) is 18.9. The first kappa shape index (κ1) is 17.7. The fourth-order valence-corrected chi connectivity index (χ4v) is 2.82. The smallest absolute Gasteiger partial charge is 0.265 e. The first-order chi connectivity index (χ1) is 10.1. The Morgan fingerprint density at radius 1 is 1.43 bits per heavy atom. The van der Waals surface area contributed by atoms with Gasteiger partial charge in [0, 0.05) is 33.9 Å². The molecule has 1 rings (SSSR count). The predicted octanol–water partition coefficient (Wildman–Crippen LogP) is 0.963. The number of carbonyl (C=O) groups is 1. The Balaban J connectivity index is 2.70. The third kappa shape index (κ3) is 4.83. The number of nitrogens with zero attached hydrogens (tertiary/aromatic N) is 2. The molecule has 7 nitrogen and oxygen atoms in total. The maximum Gasteiger partial charge on any atom is 0.265 e. The van der Waals surface area contributed by atoms with Gasteiger partial charge in [0.15, 0.2) is 5.13 Å². The lowest BCUT2D eigenvalue weighted by Crippen LogP contribution is -2.35. The number of anilines is 2. The number of rotatable bonds is 9. The van der Waals surface area contributed by atoms with Gasteiger partial charge in [-0.25, -0.2) is 4.98 Å². The van der Waals surface area contributed by atoms with Gasteiger partial charge in [0.05, 0.1) is 12.7 Å². The standard InChI is InChI=1S/C13H24N4O3S/c1-5-17(6-2)13-16-11(14)10(21-13)12(18)15-7-9(20-4)8-19-3/h9H,5-8,14H2,1-4H3,(H,15,18). The molecule has 0 bridgehead atoms. The molecule has 0 aromatic carbocycles. The Bertz CT molecular complexity index is 449. The maximum absolute atomic E-state index is 12.2. The molecule has 0 fully saturated rings. The average Bonchev–Trinajstić information content (AvgIpc) is 2.86. The number of nitrogens with one attached hydrogen (secondary N) is 1. The zero-order chi connectivity index (χ0) is 15.8. The minimum atomic E-state index is -0.235. The molecule has 0 saturated heterocycles. The molecule has 1 aromatic heterocycles. The molecular weight excluding hydrogens is 292 g/mol. The van der Waals surface area contributed by atoms with Crippen molar-refractivity contribution in [3.8, 4) is 0 Å². The summed E-state index contributed by atoms with van der Waals surface area (Å²) in [6.45, 7) is 6.50. The fourth-order valence-electron chi connectivity index (χ4n) is 1.80. The number of hydrogen-bond acceptors (Lipinski definition) is 7. The fraction of sp³-hybridized carbons (Fsp3) is 0.692. The maximum atomic E-state index is 12.2. The van der Waals surface area contributed by atoms with Gasteiger partial charge in [0.25, 0.3) is 5.91 Å². The molecule has 1 unspecified atom stereocenters. The summed E-state index contributed by atoms with van der Waals surface area (Å²) in [5, 5.41) is 3.56. The molecule has 0 saturated carbocycles. The van der Waals surface area contributed by atoms with Gasteiger partial charge in [0.2, 0.25) is 0 Å². The Morgan fingerprint density at radius 3 is 2.62 bits per heavy atom. The largest absolute Gasteiger partial charge is 0.382 e. The molecule has 0 aliphatic heterocycles. The van der Waals surface area contributed by atoms with Gasteiger partial charge < -0.3 is 25.4 Å². The van der Waals surface area contributed by atoms with Crippen LogP contribution in [0.25, 0.3) is 0 Å². The van der Waals surface area contributed by atoms with Gasteiger partial charge in [-0.05, 0) is 13.8 Å². The third-order valence-corrected chi connectivity index (χ3v) is 4.19. The highest BCUT2D eigenvalue weighted by molar-refractivity contribution is 7.18. The van der Waals surface area contributed by atoms with Crippen LogP contribution >= 0.6 is 11.3 Å². The number of hydrogen-bond donors (Lipinski definition) is 2. The summed E-state index contributed by atoms with van der Waals surface area (Å²) >= 11 is 1.30. The van der Waals surface area contributed by atoms with Crippen molar-refractivity contribution in [2.24, 2.45) is 0 Å². The lowest BCUT2D eigenvalue weighted by Gasteiger charge is -2.16. The van der Waals surface area contributed by atoms with E-state index >= 15 is 0 Å². The highest BCUT2D eigenvalue weighted by atomic mass is 32.1. The Hall–Kier alpha value is -1.38. The second-order valence-corrected chi connectivity index (χ2v) is 5.38. The first-order valence-electron chi connectivity index (χ1n) is 6.88. The summed E-state index contributed by atoms with van der Waals surface area (Å²) in [7, 11) is 3.17. The Kier molecular flexibility index (Phi) is 7.41. The third-order valence-electron chi connectivity index (χ3n) is 3.06. The van der Waals surface area contributed by atoms with Crippen molar-refractivity contribution < 1.29 is 14.3 Å². The monoisotopic (exact) mass is 316 g/mol. The molecular formula is C13H24N4O3S. The topological polar surface area (TPSA) is 89.7 Å². The van der Waals surface area contributed by atoms with E-state index < -0.39 is 0 Å². The molecule has 0 spiro atoms. The van der Waals surface area contributed by atoms with Crippen molar-refractivity contribution in [1.29, 1.82) is 0 Å². The van der Waals surface area contributed by atoms with Crippen LogP contribution in [0.15, 0.2) is 0 Å². The van der Waals surface area contributed by atoms with Crippen molar-refractivity contribution in [3.05, 3.63) is 4.88 Å². The number of ether oxygens (including phenoxy) is 2. The van der Waals surface area contributed by atoms with Gasteiger partial charge >= 0.3 is 0 Å². The summed E-state index contributed by atoms with van der Waals surface area (Å²) in [6.07, 6.45) is -0.185. The number of carbonyl (C=O) groups excluding carboxylic acids is 1. The summed E-state index contributed by atoms with van der Waals surface area (Å²) < 4.78 is 10.2. The molecule has 1 amide bonds. The Morgan fingerprint density at radius 2 is 2.10 bits per heavy atom. The Labute approximate surface area is 129 Å². The number of thiazole rings is 1. The van der Waals surface area contributed by atoms with E-state index in [1.54, 1.807) is 14.2 Å². The van der Waals surface area contributed by atoms with E-state index in [1.807, 2.05) is 13.8 Å². The van der Waals surface area contributed by atoms with Gasteiger partial charge in [0.1, 0.15) is 10.7 Å². The zero-order valence-corrected chi connectivity index (χ0v) is 13.8. The van der Waals surface area contributed by atoms with Crippen LogP contribution in [0.1, 0.15) is 23.5 Å². The highest BCUT2D eigenvalue weighted by Crippen LogP contribution is 2.27. The number of nitrogens with two attached hydrogens (primary N) is 1. The van der Waals surface area contributed by atoms with E-state index in [2.05, 4.69) is 15.2 Å². The molecule has 0 aliphatic carbocycles. The van der Waals surface area contributed by atoms with Crippen LogP contribution in [0, 0.1) is 0 Å². The van der Waals surface area contributed by atoms with Crippen LogP contribution in [0.4, 0.5) is 10.9 Å². The molecule has 120 valence electrons.